The second-order valence-electron chi connectivity index (χ2n) is 8.35. The number of aromatic nitrogens is 1. The van der Waals surface area contributed by atoms with Crippen molar-refractivity contribution in [2.75, 3.05) is 13.7 Å². The van der Waals surface area contributed by atoms with Gasteiger partial charge >= 0.3 is 0 Å². The number of nitrogens with zero attached hydrogens (tertiary/aromatic N) is 1. The molecule has 0 spiro atoms. The normalized spacial score (nSPS) is 11.2. The number of fused-ring (bicyclic) bond motifs is 1. The summed E-state index contributed by atoms with van der Waals surface area (Å²) in [7, 11) is 1.57. The fourth-order valence-corrected chi connectivity index (χ4v) is 4.76. The van der Waals surface area contributed by atoms with Gasteiger partial charge in [0.1, 0.15) is 18.2 Å². The van der Waals surface area contributed by atoms with Gasteiger partial charge in [0, 0.05) is 23.6 Å². The van der Waals surface area contributed by atoms with Gasteiger partial charge in [-0.15, -0.1) is 0 Å². The molecule has 36 heavy (non-hydrogen) atoms. The van der Waals surface area contributed by atoms with Crippen LogP contribution in [0.25, 0.3) is 17.0 Å². The first-order valence-electron chi connectivity index (χ1n) is 11.5. The monoisotopic (exact) mass is 591 g/mol. The number of methoxy groups -OCH3 is 1. The van der Waals surface area contributed by atoms with E-state index in [0.29, 0.717) is 36.6 Å². The van der Waals surface area contributed by atoms with Crippen LogP contribution in [0.3, 0.4) is 0 Å². The van der Waals surface area contributed by atoms with Crippen molar-refractivity contribution < 1.29 is 14.3 Å². The molecule has 1 aromatic heterocycles. The Bertz CT molecular complexity index is 1470. The lowest BCUT2D eigenvalue weighted by Gasteiger charge is -2.14. The number of carbonyl (C=O) groups excluding carboxylic acids is 1. The van der Waals surface area contributed by atoms with E-state index in [2.05, 4.69) is 39.0 Å². The Balaban J connectivity index is 1.44. The molecule has 6 nitrogen and oxygen atoms in total. The Hall–Kier alpha value is -3.77. The maximum absolute atomic E-state index is 12.7. The van der Waals surface area contributed by atoms with Crippen LogP contribution in [0.15, 0.2) is 72.4 Å². The Morgan fingerprint density at radius 2 is 2.00 bits per heavy atom. The molecule has 0 aliphatic carbocycles. The van der Waals surface area contributed by atoms with E-state index < -0.39 is 5.91 Å². The van der Waals surface area contributed by atoms with E-state index in [0.717, 1.165) is 25.6 Å². The van der Waals surface area contributed by atoms with Gasteiger partial charge in [-0.2, -0.15) is 5.26 Å². The molecule has 3 aromatic carbocycles. The van der Waals surface area contributed by atoms with E-state index in [9.17, 15) is 10.1 Å². The van der Waals surface area contributed by atoms with Crippen LogP contribution in [0.1, 0.15) is 22.3 Å². The minimum absolute atomic E-state index is 0.0280. The standard InChI is InChI=1S/C29H26IN3O3/c1-19-6-5-7-20(12-19)18-36-28-25(30)14-21(15-27(28)35-2)13-23(16-31)29(34)32-11-10-22-17-33-26-9-4-3-8-24(22)26/h3-9,12-15,17,33H,10-11,18H2,1-2H3,(H,32,34)/b23-13-. The highest BCUT2D eigenvalue weighted by atomic mass is 127. The number of carbonyl (C=O) groups is 1. The van der Waals surface area contributed by atoms with E-state index in [1.54, 1.807) is 19.3 Å². The second-order valence-corrected chi connectivity index (χ2v) is 9.51. The van der Waals surface area contributed by atoms with Crippen LogP contribution in [0.5, 0.6) is 11.5 Å². The molecule has 0 fully saturated rings. The van der Waals surface area contributed by atoms with E-state index in [1.807, 2.05) is 67.7 Å². The zero-order valence-corrected chi connectivity index (χ0v) is 22.3. The number of amides is 1. The molecule has 0 bridgehead atoms. The van der Waals surface area contributed by atoms with Crippen LogP contribution >= 0.6 is 22.6 Å². The van der Waals surface area contributed by atoms with Crippen molar-refractivity contribution in [1.29, 1.82) is 5.26 Å². The molecule has 0 aliphatic rings. The lowest BCUT2D eigenvalue weighted by molar-refractivity contribution is -0.117. The molecule has 1 heterocycles. The number of aryl methyl sites for hydroxylation is 1. The topological polar surface area (TPSA) is 87.1 Å². The van der Waals surface area contributed by atoms with Gasteiger partial charge in [0.15, 0.2) is 11.5 Å². The first-order chi connectivity index (χ1) is 17.5. The summed E-state index contributed by atoms with van der Waals surface area (Å²) in [5, 5.41) is 13.6. The fourth-order valence-electron chi connectivity index (χ4n) is 3.98. The van der Waals surface area contributed by atoms with E-state index >= 15 is 0 Å². The van der Waals surface area contributed by atoms with E-state index in [1.165, 1.54) is 5.56 Å². The predicted molar refractivity (Wildman–Crippen MR) is 150 cm³/mol. The summed E-state index contributed by atoms with van der Waals surface area (Å²) >= 11 is 2.18. The molecule has 7 heteroatoms. The minimum atomic E-state index is -0.411. The lowest BCUT2D eigenvalue weighted by atomic mass is 10.1. The number of nitrogens with one attached hydrogen (secondary N) is 2. The molecule has 4 aromatic rings. The fraction of sp³-hybridized carbons (Fsp3) is 0.172. The number of hydrogen-bond donors (Lipinski definition) is 2. The van der Waals surface area contributed by atoms with Crippen molar-refractivity contribution in [3.63, 3.8) is 0 Å². The first-order valence-corrected chi connectivity index (χ1v) is 12.6. The Labute approximate surface area is 224 Å². The highest BCUT2D eigenvalue weighted by molar-refractivity contribution is 14.1. The highest BCUT2D eigenvalue weighted by Gasteiger charge is 2.14. The third-order valence-electron chi connectivity index (χ3n) is 5.75. The van der Waals surface area contributed by atoms with Gasteiger partial charge in [0.25, 0.3) is 5.91 Å². The number of hydrogen-bond acceptors (Lipinski definition) is 4. The van der Waals surface area contributed by atoms with Crippen LogP contribution in [0.4, 0.5) is 0 Å². The smallest absolute Gasteiger partial charge is 0.261 e. The zero-order valence-electron chi connectivity index (χ0n) is 20.1. The minimum Gasteiger partial charge on any atom is -0.493 e. The van der Waals surface area contributed by atoms with Crippen molar-refractivity contribution in [2.24, 2.45) is 0 Å². The number of H-pyrrole nitrogens is 1. The largest absolute Gasteiger partial charge is 0.493 e. The molecular weight excluding hydrogens is 565 g/mol. The van der Waals surface area contributed by atoms with E-state index in [4.69, 9.17) is 9.47 Å². The number of aromatic amines is 1. The number of rotatable bonds is 9. The van der Waals surface area contributed by atoms with Crippen molar-refractivity contribution in [3.05, 3.63) is 98.3 Å². The van der Waals surface area contributed by atoms with E-state index in [-0.39, 0.29) is 5.57 Å². The summed E-state index contributed by atoms with van der Waals surface area (Å²) in [6.45, 7) is 2.87. The summed E-state index contributed by atoms with van der Waals surface area (Å²) in [5.74, 6) is 0.752. The Morgan fingerprint density at radius 3 is 2.78 bits per heavy atom. The van der Waals surface area contributed by atoms with Crippen molar-refractivity contribution in [2.45, 2.75) is 20.0 Å². The van der Waals surface area contributed by atoms with Gasteiger partial charge in [0.05, 0.1) is 10.7 Å². The molecule has 182 valence electrons. The van der Waals surface area contributed by atoms with Crippen molar-refractivity contribution in [3.8, 4) is 17.6 Å². The van der Waals surface area contributed by atoms with Crippen LogP contribution in [-0.2, 0) is 17.8 Å². The number of nitriles is 1. The van der Waals surface area contributed by atoms with Gasteiger partial charge in [-0.3, -0.25) is 4.79 Å². The predicted octanol–water partition coefficient (Wildman–Crippen LogP) is 5.93. The van der Waals surface area contributed by atoms with Gasteiger partial charge in [-0.05, 0) is 76.9 Å². The molecule has 2 N–H and O–H groups in total. The van der Waals surface area contributed by atoms with Gasteiger partial charge in [0.2, 0.25) is 0 Å². The average Bonchev–Trinajstić information content (AvgIpc) is 3.29. The third kappa shape index (κ3) is 6.07. The van der Waals surface area contributed by atoms with Crippen LogP contribution in [0.2, 0.25) is 0 Å². The van der Waals surface area contributed by atoms with Gasteiger partial charge in [-0.25, -0.2) is 0 Å². The molecule has 0 radical (unpaired) electrons. The van der Waals surface area contributed by atoms with Gasteiger partial charge < -0.3 is 19.8 Å². The van der Waals surface area contributed by atoms with Gasteiger partial charge in [-0.1, -0.05) is 48.0 Å². The highest BCUT2D eigenvalue weighted by Crippen LogP contribution is 2.35. The van der Waals surface area contributed by atoms with Crippen molar-refractivity contribution >= 4 is 45.5 Å². The Kier molecular flexibility index (Phi) is 8.28. The number of benzene rings is 3. The molecule has 0 saturated carbocycles. The van der Waals surface area contributed by atoms with Crippen LogP contribution in [-0.4, -0.2) is 24.5 Å². The molecule has 4 rings (SSSR count). The first kappa shape index (κ1) is 25.3. The molecule has 0 aliphatic heterocycles. The summed E-state index contributed by atoms with van der Waals surface area (Å²) in [5.41, 5.74) is 5.12. The summed E-state index contributed by atoms with van der Waals surface area (Å²) in [4.78, 5) is 15.9. The molecular formula is C29H26IN3O3. The maximum atomic E-state index is 12.7. The number of halogens is 1. The molecule has 0 atom stereocenters. The number of ether oxygens (including phenoxy) is 2. The van der Waals surface area contributed by atoms with Crippen LogP contribution in [0, 0.1) is 21.8 Å². The molecule has 0 unspecified atom stereocenters. The maximum Gasteiger partial charge on any atom is 0.261 e. The molecule has 0 saturated heterocycles. The average molecular weight is 591 g/mol. The second kappa shape index (κ2) is 11.8. The number of para-hydroxylation sites is 1. The quantitative estimate of drug-likeness (QED) is 0.144. The summed E-state index contributed by atoms with van der Waals surface area (Å²) in [6, 6.07) is 21.8. The molecule has 1 amide bonds. The SMILES string of the molecule is COc1cc(/C=C(/C#N)C(=O)NCCc2c[nH]c3ccccc23)cc(I)c1OCc1cccc(C)c1. The summed E-state index contributed by atoms with van der Waals surface area (Å²) < 4.78 is 12.4. The van der Waals surface area contributed by atoms with Crippen molar-refractivity contribution in [1.82, 2.24) is 10.3 Å². The zero-order chi connectivity index (χ0) is 25.5. The lowest BCUT2D eigenvalue weighted by Crippen LogP contribution is -2.26. The summed E-state index contributed by atoms with van der Waals surface area (Å²) in [6.07, 6.45) is 4.18. The van der Waals surface area contributed by atoms with Crippen LogP contribution < -0.4 is 14.8 Å². The third-order valence-corrected chi connectivity index (χ3v) is 6.55. The Morgan fingerprint density at radius 1 is 1.17 bits per heavy atom.